The van der Waals surface area contributed by atoms with Crippen molar-refractivity contribution in [3.05, 3.63) is 0 Å². The molecule has 3 fully saturated rings. The molecule has 1 saturated carbocycles. The van der Waals surface area contributed by atoms with Gasteiger partial charge in [0.1, 0.15) is 31.4 Å². The van der Waals surface area contributed by atoms with Crippen molar-refractivity contribution >= 4 is 18.2 Å². The van der Waals surface area contributed by atoms with Crippen LogP contribution in [0.2, 0.25) is 0 Å². The van der Waals surface area contributed by atoms with Crippen molar-refractivity contribution < 1.29 is 184 Å². The molecule has 9 atom stereocenters. The fourth-order valence-corrected chi connectivity index (χ4v) is 5.36. The molecule has 260 valence electrons. The Labute approximate surface area is 410 Å². The monoisotopic (exact) mass is 760 g/mol. The molecular formula is C25H51K3N14O6. The maximum atomic E-state index is 12.3. The Morgan fingerprint density at radius 2 is 1.31 bits per heavy atom. The van der Waals surface area contributed by atoms with E-state index in [2.05, 4.69) is 68.4 Å². The van der Waals surface area contributed by atoms with Gasteiger partial charge in [-0.15, -0.1) is 0 Å². The van der Waals surface area contributed by atoms with Gasteiger partial charge in [-0.3, -0.25) is 63.5 Å². The van der Waals surface area contributed by atoms with E-state index in [1.165, 1.54) is 6.21 Å². The number of nitrogens with one attached hydrogen (secondary N) is 11. The summed E-state index contributed by atoms with van der Waals surface area (Å²) in [5, 5.41) is 69.7. The van der Waals surface area contributed by atoms with E-state index in [0.717, 1.165) is 13.1 Å². The first-order valence-electron chi connectivity index (χ1n) is 15.3. The van der Waals surface area contributed by atoms with Gasteiger partial charge in [0.25, 0.3) is 0 Å². The average molecular weight is 761 g/mol. The Hall–Kier alpha value is 2.92. The SMILES string of the molecule is CN(C)CCNC1NC(/N=C/CO[O-])NC(NC2CCC(NC3NC(NCCN(C)C)NC(NCC(=O)[O-])N3)CC2C(=O)[O-])N1.[K+].[K+].[K+]. The number of aliphatic carboxylic acids is 2. The summed E-state index contributed by atoms with van der Waals surface area (Å²) in [5.74, 6) is -3.18. The van der Waals surface area contributed by atoms with Crippen molar-refractivity contribution in [3.8, 4) is 0 Å². The van der Waals surface area contributed by atoms with Crippen molar-refractivity contribution in [3.63, 3.8) is 0 Å². The normalized spacial score (nSPS) is 30.8. The molecule has 48 heavy (non-hydrogen) atoms. The van der Waals surface area contributed by atoms with E-state index in [1.807, 2.05) is 38.0 Å². The van der Waals surface area contributed by atoms with Crippen LogP contribution in [0.4, 0.5) is 0 Å². The van der Waals surface area contributed by atoms with Gasteiger partial charge in [0.15, 0.2) is 6.29 Å². The van der Waals surface area contributed by atoms with Crippen LogP contribution in [0.1, 0.15) is 19.3 Å². The van der Waals surface area contributed by atoms with Gasteiger partial charge in [-0.05, 0) is 47.5 Å². The summed E-state index contributed by atoms with van der Waals surface area (Å²) in [6.45, 7) is 2.40. The van der Waals surface area contributed by atoms with Gasteiger partial charge in [0.2, 0.25) is 0 Å². The third-order valence-electron chi connectivity index (χ3n) is 7.58. The molecule has 0 aromatic heterocycles. The van der Waals surface area contributed by atoms with Gasteiger partial charge in [-0.25, -0.2) is 0 Å². The molecule has 0 amide bonds. The third kappa shape index (κ3) is 20.6. The van der Waals surface area contributed by atoms with E-state index in [9.17, 15) is 25.1 Å². The fourth-order valence-electron chi connectivity index (χ4n) is 5.36. The molecule has 0 radical (unpaired) electrons. The molecule has 9 unspecified atom stereocenters. The number of nitrogens with zero attached hydrogens (tertiary/aromatic N) is 3. The smallest absolute Gasteiger partial charge is 0.723 e. The average Bonchev–Trinajstić information content (AvgIpc) is 2.96. The molecule has 1 aliphatic carbocycles. The van der Waals surface area contributed by atoms with Gasteiger partial charge in [0, 0.05) is 62.9 Å². The van der Waals surface area contributed by atoms with Crippen LogP contribution in [0.3, 0.4) is 0 Å². The minimum atomic E-state index is -1.23. The van der Waals surface area contributed by atoms with E-state index < -0.39 is 49.1 Å². The molecule has 11 N–H and O–H groups in total. The maximum Gasteiger partial charge on any atom is 1.00 e. The zero-order valence-electron chi connectivity index (χ0n) is 29.4. The molecule has 0 aromatic carbocycles. The van der Waals surface area contributed by atoms with E-state index in [-0.39, 0.29) is 186 Å². The van der Waals surface area contributed by atoms with E-state index in [0.29, 0.717) is 32.4 Å². The Bertz CT molecular complexity index is 936. The number of hydrogen-bond donors (Lipinski definition) is 11. The van der Waals surface area contributed by atoms with Crippen molar-refractivity contribution in [2.45, 2.75) is 69.1 Å². The molecule has 0 bridgehead atoms. The minimum absolute atomic E-state index is 0. The number of rotatable bonds is 19. The van der Waals surface area contributed by atoms with Crippen molar-refractivity contribution in [2.24, 2.45) is 10.9 Å². The number of carbonyl (C=O) groups is 2. The number of carboxylic acids is 2. The van der Waals surface area contributed by atoms with Crippen molar-refractivity contribution in [1.29, 1.82) is 0 Å². The van der Waals surface area contributed by atoms with Gasteiger partial charge in [0.05, 0.1) is 12.6 Å². The van der Waals surface area contributed by atoms with E-state index in [4.69, 9.17) is 0 Å². The molecule has 0 spiro atoms. The van der Waals surface area contributed by atoms with E-state index in [1.54, 1.807) is 0 Å². The van der Waals surface area contributed by atoms with Crippen LogP contribution < -0.4 is 228 Å². The summed E-state index contributed by atoms with van der Waals surface area (Å²) < 4.78 is 0. The topological polar surface area (TPSA) is 264 Å². The largest absolute Gasteiger partial charge is 1.00 e. The predicted octanol–water partition coefficient (Wildman–Crippen LogP) is -18.3. The summed E-state index contributed by atoms with van der Waals surface area (Å²) in [7, 11) is 7.89. The van der Waals surface area contributed by atoms with Crippen LogP contribution in [0, 0.1) is 5.92 Å². The Kier molecular flexibility index (Phi) is 30.1. The van der Waals surface area contributed by atoms with Crippen molar-refractivity contribution in [1.82, 2.24) is 68.3 Å². The Morgan fingerprint density at radius 1 is 0.792 bits per heavy atom. The van der Waals surface area contributed by atoms with Crippen molar-refractivity contribution in [2.75, 3.05) is 67.5 Å². The second kappa shape index (κ2) is 28.3. The second-order valence-corrected chi connectivity index (χ2v) is 11.8. The van der Waals surface area contributed by atoms with Crippen LogP contribution in [0.15, 0.2) is 4.99 Å². The zero-order valence-corrected chi connectivity index (χ0v) is 38.8. The molecule has 23 heteroatoms. The fraction of sp³-hybridized carbons (Fsp3) is 0.880. The van der Waals surface area contributed by atoms with Gasteiger partial charge < -0.3 is 39.7 Å². The molecule has 2 saturated heterocycles. The summed E-state index contributed by atoms with van der Waals surface area (Å²) in [4.78, 5) is 35.6. The number of aliphatic imine (C=N–C) groups is 1. The number of carboxylic acid groups (broad SMARTS) is 2. The molecule has 2 aliphatic heterocycles. The minimum Gasteiger partial charge on any atom is -0.723 e. The summed E-state index contributed by atoms with van der Waals surface area (Å²) in [6, 6.07) is -0.572. The zero-order chi connectivity index (χ0) is 32.8. The Balaban J connectivity index is 0.00000736. The molecule has 20 nitrogen and oxygen atoms in total. The Morgan fingerprint density at radius 3 is 1.85 bits per heavy atom. The summed E-state index contributed by atoms with van der Waals surface area (Å²) in [5.41, 5.74) is 0. The molecule has 3 aliphatic rings. The number of likely N-dealkylation sites (N-methyl/N-ethyl adjacent to an activating group) is 2. The first-order chi connectivity index (χ1) is 21.5. The number of carbonyl (C=O) groups excluding carboxylic acids is 2. The van der Waals surface area contributed by atoms with Crippen LogP contribution in [0.25, 0.3) is 0 Å². The van der Waals surface area contributed by atoms with Gasteiger partial charge >= 0.3 is 154 Å². The summed E-state index contributed by atoms with van der Waals surface area (Å²) >= 11 is 0. The first kappa shape index (κ1) is 50.9. The molecule has 0 aromatic rings. The molecule has 2 heterocycles. The van der Waals surface area contributed by atoms with Gasteiger partial charge in [-0.1, -0.05) is 0 Å². The second-order valence-electron chi connectivity index (χ2n) is 11.8. The quantitative estimate of drug-likeness (QED) is 0.0253. The number of hydrogen-bond acceptors (Lipinski definition) is 20. The molecule has 3 rings (SSSR count). The maximum absolute atomic E-state index is 12.3. The predicted molar refractivity (Wildman–Crippen MR) is 158 cm³/mol. The van der Waals surface area contributed by atoms with Crippen LogP contribution in [0.5, 0.6) is 0 Å². The van der Waals surface area contributed by atoms with Crippen LogP contribution >= 0.6 is 0 Å². The third-order valence-corrected chi connectivity index (χ3v) is 7.58. The van der Waals surface area contributed by atoms with E-state index >= 15 is 0 Å². The van der Waals surface area contributed by atoms with Crippen LogP contribution in [-0.2, 0) is 14.5 Å². The standard InChI is InChI=1S/C25H54N14O6.3K/c1-38(2)10-7-26-20-32-22(28-9-12-45-44)36-25(35-20)31-17-6-5-15(13-16(17)19(42)43)30-24-34-21(27-8-11-39(3)4)33-23(37-24)29-14-18(40)41;;;/h9,15-17,20-27,29-37,44H,5-8,10-14H2,1-4H3,(H,40,41)(H,42,43);;;/q;3*+1/p-3/b28-9+;;;. The van der Waals surface area contributed by atoms with Crippen LogP contribution in [-0.4, -0.2) is 145 Å². The molecular weight excluding hydrogens is 710 g/mol. The first-order valence-corrected chi connectivity index (χ1v) is 15.3. The summed E-state index contributed by atoms with van der Waals surface area (Å²) in [6.07, 6.45) is 0.0847. The van der Waals surface area contributed by atoms with Gasteiger partial charge in [-0.2, -0.15) is 0 Å².